The number of thiazole rings is 1. The summed E-state index contributed by atoms with van der Waals surface area (Å²) in [6, 6.07) is 14.5. The number of methoxy groups -OCH3 is 1. The number of hydrogen-bond donors (Lipinski definition) is 1. The Morgan fingerprint density at radius 2 is 1.97 bits per heavy atom. The van der Waals surface area contributed by atoms with Crippen LogP contribution < -0.4 is 15.0 Å². The topological polar surface area (TPSA) is 95.3 Å². The first kappa shape index (κ1) is 22.7. The Morgan fingerprint density at radius 3 is 2.62 bits per heavy atom. The highest BCUT2D eigenvalue weighted by Crippen LogP contribution is 2.31. The highest BCUT2D eigenvalue weighted by molar-refractivity contribution is 7.14. The molecule has 0 atom stereocenters. The van der Waals surface area contributed by atoms with Gasteiger partial charge in [-0.2, -0.15) is 5.26 Å². The van der Waals surface area contributed by atoms with Gasteiger partial charge in [0, 0.05) is 24.1 Å². The van der Waals surface area contributed by atoms with Crippen molar-refractivity contribution in [3.63, 3.8) is 0 Å². The number of nitrogens with one attached hydrogen (secondary N) is 1. The molecule has 2 aromatic carbocycles. The third kappa shape index (κ3) is 5.20. The summed E-state index contributed by atoms with van der Waals surface area (Å²) >= 11 is 1.26. The molecule has 3 aromatic rings. The maximum atomic E-state index is 12.6. The summed E-state index contributed by atoms with van der Waals surface area (Å²) in [5, 5.41) is 14.3. The Morgan fingerprint density at radius 1 is 1.19 bits per heavy atom. The number of amides is 2. The molecule has 0 aliphatic rings. The molecule has 0 aliphatic heterocycles. The van der Waals surface area contributed by atoms with Crippen LogP contribution >= 0.6 is 11.3 Å². The van der Waals surface area contributed by atoms with Crippen LogP contribution in [0.25, 0.3) is 6.08 Å². The normalized spacial score (nSPS) is 10.9. The van der Waals surface area contributed by atoms with Gasteiger partial charge in [-0.05, 0) is 55.3 Å². The van der Waals surface area contributed by atoms with Gasteiger partial charge in [0.1, 0.15) is 17.4 Å². The van der Waals surface area contributed by atoms with Crippen LogP contribution in [0, 0.1) is 25.2 Å². The molecule has 8 heteroatoms. The lowest BCUT2D eigenvalue weighted by Gasteiger charge is -2.19. The van der Waals surface area contributed by atoms with Gasteiger partial charge in [-0.15, -0.1) is 11.3 Å². The van der Waals surface area contributed by atoms with Crippen LogP contribution in [0.4, 0.5) is 16.5 Å². The number of aromatic nitrogens is 1. The Balaban J connectivity index is 1.85. The van der Waals surface area contributed by atoms with Crippen molar-refractivity contribution in [2.75, 3.05) is 17.3 Å². The summed E-state index contributed by atoms with van der Waals surface area (Å²) in [4.78, 5) is 30.9. The number of aryl methyl sites for hydroxylation is 2. The minimum Gasteiger partial charge on any atom is -0.497 e. The van der Waals surface area contributed by atoms with Crippen molar-refractivity contribution in [2.45, 2.75) is 20.8 Å². The van der Waals surface area contributed by atoms with Gasteiger partial charge in [-0.1, -0.05) is 12.1 Å². The first-order chi connectivity index (χ1) is 15.3. The van der Waals surface area contributed by atoms with E-state index >= 15 is 0 Å². The van der Waals surface area contributed by atoms with Crippen LogP contribution in [0.5, 0.6) is 5.75 Å². The average molecular weight is 447 g/mol. The molecule has 2 amide bonds. The fraction of sp³-hybridized carbons (Fsp3) is 0.167. The summed E-state index contributed by atoms with van der Waals surface area (Å²) in [5.41, 5.74) is 3.71. The molecule has 0 radical (unpaired) electrons. The Labute approximate surface area is 190 Å². The summed E-state index contributed by atoms with van der Waals surface area (Å²) in [6.07, 6.45) is 1.40. The molecule has 3 rings (SSSR count). The molecule has 1 heterocycles. The van der Waals surface area contributed by atoms with Crippen molar-refractivity contribution < 1.29 is 14.3 Å². The predicted octanol–water partition coefficient (Wildman–Crippen LogP) is 5.00. The number of benzene rings is 2. The second-order valence-electron chi connectivity index (χ2n) is 7.03. The molecular weight excluding hydrogens is 424 g/mol. The monoisotopic (exact) mass is 446 g/mol. The molecule has 7 nitrogen and oxygen atoms in total. The molecule has 0 saturated carbocycles. The third-order valence-electron chi connectivity index (χ3n) is 4.75. The standard InChI is InChI=1S/C24H22N4O3S/c1-15-8-9-21(10-16(15)2)28(17(3)29)24-27-20(14-32-24)11-18(13-25)23(30)26-19-6-5-7-22(12-19)31-4/h5-12,14H,1-4H3,(H,26,30)/b18-11+. The van der Waals surface area contributed by atoms with Crippen molar-refractivity contribution in [1.29, 1.82) is 5.26 Å². The van der Waals surface area contributed by atoms with E-state index in [1.165, 1.54) is 36.3 Å². The fourth-order valence-corrected chi connectivity index (χ4v) is 3.78. The van der Waals surface area contributed by atoms with Gasteiger partial charge in [0.15, 0.2) is 5.13 Å². The van der Waals surface area contributed by atoms with Gasteiger partial charge >= 0.3 is 0 Å². The summed E-state index contributed by atoms with van der Waals surface area (Å²) in [7, 11) is 1.53. The van der Waals surface area contributed by atoms with Crippen LogP contribution in [0.2, 0.25) is 0 Å². The van der Waals surface area contributed by atoms with E-state index in [0.29, 0.717) is 27.9 Å². The molecular formula is C24H22N4O3S. The number of anilines is 3. The Hall–Kier alpha value is -3.96. The molecule has 0 aliphatic carbocycles. The Bertz CT molecular complexity index is 1240. The van der Waals surface area contributed by atoms with Gasteiger partial charge < -0.3 is 10.1 Å². The van der Waals surface area contributed by atoms with Crippen molar-refractivity contribution in [3.05, 3.63) is 70.2 Å². The highest BCUT2D eigenvalue weighted by Gasteiger charge is 2.19. The second kappa shape index (κ2) is 9.90. The zero-order valence-electron chi connectivity index (χ0n) is 18.2. The lowest BCUT2D eigenvalue weighted by Crippen LogP contribution is -2.22. The first-order valence-corrected chi connectivity index (χ1v) is 10.6. The van der Waals surface area contributed by atoms with E-state index in [0.717, 1.165) is 11.1 Å². The molecule has 1 N–H and O–H groups in total. The number of nitrogens with zero attached hydrogens (tertiary/aromatic N) is 3. The number of nitriles is 1. The summed E-state index contributed by atoms with van der Waals surface area (Å²) < 4.78 is 5.14. The largest absolute Gasteiger partial charge is 0.497 e. The smallest absolute Gasteiger partial charge is 0.266 e. The highest BCUT2D eigenvalue weighted by atomic mass is 32.1. The van der Waals surface area contributed by atoms with Crippen molar-refractivity contribution in [2.24, 2.45) is 0 Å². The van der Waals surface area contributed by atoms with Gasteiger partial charge in [0.25, 0.3) is 5.91 Å². The summed E-state index contributed by atoms with van der Waals surface area (Å²) in [5.74, 6) is -0.160. The molecule has 162 valence electrons. The van der Waals surface area contributed by atoms with E-state index in [-0.39, 0.29) is 11.5 Å². The third-order valence-corrected chi connectivity index (χ3v) is 5.59. The predicted molar refractivity (Wildman–Crippen MR) is 126 cm³/mol. The van der Waals surface area contributed by atoms with E-state index in [4.69, 9.17) is 4.74 Å². The van der Waals surface area contributed by atoms with Crippen molar-refractivity contribution >= 4 is 45.7 Å². The van der Waals surface area contributed by atoms with Crippen LogP contribution in [0.1, 0.15) is 23.7 Å². The number of carbonyl (C=O) groups is 2. The zero-order valence-corrected chi connectivity index (χ0v) is 19.0. The minimum atomic E-state index is -0.562. The number of ether oxygens (including phenoxy) is 1. The summed E-state index contributed by atoms with van der Waals surface area (Å²) in [6.45, 7) is 5.45. The van der Waals surface area contributed by atoms with E-state index in [1.807, 2.05) is 38.1 Å². The van der Waals surface area contributed by atoms with Crippen molar-refractivity contribution in [1.82, 2.24) is 4.98 Å². The number of rotatable bonds is 6. The molecule has 0 bridgehead atoms. The molecule has 32 heavy (non-hydrogen) atoms. The zero-order chi connectivity index (χ0) is 23.3. The first-order valence-electron chi connectivity index (χ1n) is 9.73. The Kier molecular flexibility index (Phi) is 7.03. The maximum Gasteiger partial charge on any atom is 0.266 e. The van der Waals surface area contributed by atoms with E-state index in [1.54, 1.807) is 29.6 Å². The van der Waals surface area contributed by atoms with Crippen LogP contribution in [0.3, 0.4) is 0 Å². The van der Waals surface area contributed by atoms with Crippen LogP contribution in [0.15, 0.2) is 53.4 Å². The van der Waals surface area contributed by atoms with E-state index in [9.17, 15) is 14.9 Å². The average Bonchev–Trinajstić information content (AvgIpc) is 3.22. The number of hydrogen-bond acceptors (Lipinski definition) is 6. The SMILES string of the molecule is COc1cccc(NC(=O)/C(C#N)=C/c2csc(N(C(C)=O)c3ccc(C)c(C)c3)n2)c1. The molecule has 0 fully saturated rings. The van der Waals surface area contributed by atoms with Gasteiger partial charge in [-0.3, -0.25) is 14.5 Å². The van der Waals surface area contributed by atoms with Gasteiger partial charge in [-0.25, -0.2) is 4.98 Å². The quantitative estimate of drug-likeness (QED) is 0.425. The second-order valence-corrected chi connectivity index (χ2v) is 7.87. The molecule has 0 unspecified atom stereocenters. The van der Waals surface area contributed by atoms with Crippen LogP contribution in [-0.2, 0) is 9.59 Å². The van der Waals surface area contributed by atoms with E-state index in [2.05, 4.69) is 10.3 Å². The van der Waals surface area contributed by atoms with Crippen LogP contribution in [-0.4, -0.2) is 23.9 Å². The molecule has 0 spiro atoms. The maximum absolute atomic E-state index is 12.6. The molecule has 1 aromatic heterocycles. The van der Waals surface area contributed by atoms with Gasteiger partial charge in [0.2, 0.25) is 5.91 Å². The lowest BCUT2D eigenvalue weighted by atomic mass is 10.1. The van der Waals surface area contributed by atoms with Gasteiger partial charge in [0.05, 0.1) is 18.5 Å². The van der Waals surface area contributed by atoms with E-state index < -0.39 is 5.91 Å². The molecule has 0 saturated heterocycles. The lowest BCUT2D eigenvalue weighted by molar-refractivity contribution is -0.116. The van der Waals surface area contributed by atoms with Crippen molar-refractivity contribution in [3.8, 4) is 11.8 Å². The number of carbonyl (C=O) groups excluding carboxylic acids is 2. The minimum absolute atomic E-state index is 0.106. The fourth-order valence-electron chi connectivity index (χ4n) is 2.93.